The van der Waals surface area contributed by atoms with Crippen LogP contribution >= 0.6 is 0 Å². The van der Waals surface area contributed by atoms with Crippen molar-refractivity contribution in [3.63, 3.8) is 0 Å². The number of halogens is 1. The molecule has 0 aliphatic carbocycles. The van der Waals surface area contributed by atoms with Gasteiger partial charge in [-0.15, -0.1) is 0 Å². The lowest BCUT2D eigenvalue weighted by molar-refractivity contribution is 0.102. The minimum atomic E-state index is -0.413. The maximum Gasteiger partial charge on any atom is 0.255 e. The van der Waals surface area contributed by atoms with Gasteiger partial charge in [0, 0.05) is 22.9 Å². The van der Waals surface area contributed by atoms with Crippen LogP contribution < -0.4 is 10.7 Å². The number of carbonyl (C=O) groups excluding carboxylic acids is 1. The Balaban J connectivity index is 1.67. The molecule has 1 amide bonds. The lowest BCUT2D eigenvalue weighted by atomic mass is 10.1. The molecule has 0 saturated carbocycles. The highest BCUT2D eigenvalue weighted by atomic mass is 19.1. The lowest BCUT2D eigenvalue weighted by Crippen LogP contribution is -2.12. The second-order valence-electron chi connectivity index (χ2n) is 6.52. The van der Waals surface area contributed by atoms with Gasteiger partial charge in [0.25, 0.3) is 5.91 Å². The summed E-state index contributed by atoms with van der Waals surface area (Å²) >= 11 is 0. The first-order valence-corrected chi connectivity index (χ1v) is 8.71. The molecule has 4 nitrogen and oxygen atoms in total. The molecule has 4 rings (SSSR count). The molecule has 0 bridgehead atoms. The van der Waals surface area contributed by atoms with Crippen LogP contribution in [0.3, 0.4) is 0 Å². The zero-order chi connectivity index (χ0) is 19.7. The fraction of sp³-hybridized carbons (Fsp3) is 0.0435. The van der Waals surface area contributed by atoms with Gasteiger partial charge in [-0.1, -0.05) is 23.8 Å². The monoisotopic (exact) mass is 373 g/mol. The Labute approximate surface area is 160 Å². The predicted octanol–water partition coefficient (Wildman–Crippen LogP) is 5.16. The van der Waals surface area contributed by atoms with Gasteiger partial charge in [0.2, 0.25) is 0 Å². The van der Waals surface area contributed by atoms with E-state index in [2.05, 4.69) is 5.32 Å². The number of nitrogens with one attached hydrogen (secondary N) is 1. The second kappa shape index (κ2) is 7.12. The largest absolute Gasteiger partial charge is 0.456 e. The topological polar surface area (TPSA) is 59.3 Å². The molecule has 5 heteroatoms. The number of anilines is 1. The summed E-state index contributed by atoms with van der Waals surface area (Å²) in [6.07, 6.45) is 0. The molecule has 0 radical (unpaired) electrons. The van der Waals surface area contributed by atoms with Crippen molar-refractivity contribution < 1.29 is 13.6 Å². The van der Waals surface area contributed by atoms with Crippen molar-refractivity contribution in [1.82, 2.24) is 0 Å². The summed E-state index contributed by atoms with van der Waals surface area (Å²) < 4.78 is 18.9. The minimum absolute atomic E-state index is 0.198. The number of benzene rings is 3. The van der Waals surface area contributed by atoms with Crippen LogP contribution in [0.25, 0.3) is 22.3 Å². The van der Waals surface area contributed by atoms with E-state index in [4.69, 9.17) is 4.42 Å². The van der Waals surface area contributed by atoms with E-state index in [0.717, 1.165) is 11.1 Å². The van der Waals surface area contributed by atoms with E-state index in [1.54, 1.807) is 18.2 Å². The predicted molar refractivity (Wildman–Crippen MR) is 107 cm³/mol. The van der Waals surface area contributed by atoms with Crippen LogP contribution in [0.2, 0.25) is 0 Å². The number of fused-ring (bicyclic) bond motifs is 1. The van der Waals surface area contributed by atoms with Crippen molar-refractivity contribution in [2.45, 2.75) is 6.92 Å². The highest BCUT2D eigenvalue weighted by molar-refractivity contribution is 6.05. The second-order valence-corrected chi connectivity index (χ2v) is 6.52. The smallest absolute Gasteiger partial charge is 0.255 e. The van der Waals surface area contributed by atoms with Gasteiger partial charge in [-0.25, -0.2) is 4.39 Å². The average Bonchev–Trinajstić information content (AvgIpc) is 2.69. The molecule has 0 aliphatic heterocycles. The molecule has 0 atom stereocenters. The number of amides is 1. The van der Waals surface area contributed by atoms with Crippen molar-refractivity contribution in [2.75, 3.05) is 5.32 Å². The van der Waals surface area contributed by atoms with Gasteiger partial charge in [-0.05, 0) is 55.5 Å². The Bertz CT molecular complexity index is 1240. The van der Waals surface area contributed by atoms with Crippen molar-refractivity contribution in [1.29, 1.82) is 0 Å². The fourth-order valence-electron chi connectivity index (χ4n) is 2.98. The van der Waals surface area contributed by atoms with Gasteiger partial charge < -0.3 is 9.73 Å². The number of rotatable bonds is 3. The van der Waals surface area contributed by atoms with Gasteiger partial charge in [0.05, 0.1) is 5.39 Å². The summed E-state index contributed by atoms with van der Waals surface area (Å²) in [5.41, 5.74) is 2.91. The van der Waals surface area contributed by atoms with Crippen LogP contribution in [0.4, 0.5) is 10.1 Å². The van der Waals surface area contributed by atoms with Crippen molar-refractivity contribution in [2.24, 2.45) is 0 Å². The number of hydrogen-bond acceptors (Lipinski definition) is 3. The minimum Gasteiger partial charge on any atom is -0.456 e. The van der Waals surface area contributed by atoms with Crippen molar-refractivity contribution in [3.05, 3.63) is 100.0 Å². The molecule has 0 saturated heterocycles. The van der Waals surface area contributed by atoms with Crippen molar-refractivity contribution in [3.8, 4) is 11.3 Å². The van der Waals surface area contributed by atoms with E-state index in [1.165, 1.54) is 30.3 Å². The zero-order valence-corrected chi connectivity index (χ0v) is 15.0. The molecular formula is C23H16FNO3. The Morgan fingerprint density at radius 2 is 1.75 bits per heavy atom. The van der Waals surface area contributed by atoms with Crippen LogP contribution in [0.1, 0.15) is 15.9 Å². The Hall–Kier alpha value is -3.73. The summed E-state index contributed by atoms with van der Waals surface area (Å²) in [6.45, 7) is 1.97. The molecule has 0 fully saturated rings. The number of hydrogen-bond donors (Lipinski definition) is 1. The van der Waals surface area contributed by atoms with Crippen LogP contribution in [-0.4, -0.2) is 5.91 Å². The van der Waals surface area contributed by atoms with Gasteiger partial charge in [-0.3, -0.25) is 9.59 Å². The number of aryl methyl sites for hydroxylation is 1. The van der Waals surface area contributed by atoms with E-state index in [0.29, 0.717) is 28.0 Å². The first-order chi connectivity index (χ1) is 13.5. The normalized spacial score (nSPS) is 10.8. The van der Waals surface area contributed by atoms with Crippen LogP contribution in [-0.2, 0) is 0 Å². The summed E-state index contributed by atoms with van der Waals surface area (Å²) in [5.74, 6) is -0.311. The maximum absolute atomic E-state index is 13.0. The van der Waals surface area contributed by atoms with Gasteiger partial charge in [0.15, 0.2) is 5.43 Å². The molecule has 1 heterocycles. The fourth-order valence-corrected chi connectivity index (χ4v) is 2.98. The summed E-state index contributed by atoms with van der Waals surface area (Å²) in [7, 11) is 0. The van der Waals surface area contributed by atoms with Gasteiger partial charge >= 0.3 is 0 Å². The number of carbonyl (C=O) groups is 1. The Kier molecular flexibility index (Phi) is 4.49. The van der Waals surface area contributed by atoms with E-state index in [-0.39, 0.29) is 11.3 Å². The van der Waals surface area contributed by atoms with E-state index < -0.39 is 5.82 Å². The quantitative estimate of drug-likeness (QED) is 0.540. The third-order valence-corrected chi connectivity index (χ3v) is 4.39. The standard InChI is InChI=1S/C23H16FNO3/c1-14-3-2-4-16(11-14)22-13-20(26)19-12-18(9-10-21(19)28-22)25-23(27)15-5-7-17(24)8-6-15/h2-13H,1H3,(H,25,27). The van der Waals surface area contributed by atoms with E-state index in [1.807, 2.05) is 31.2 Å². The van der Waals surface area contributed by atoms with Crippen molar-refractivity contribution >= 4 is 22.6 Å². The SMILES string of the molecule is Cc1cccc(-c2cc(=O)c3cc(NC(=O)c4ccc(F)cc4)ccc3o2)c1. The summed E-state index contributed by atoms with van der Waals surface area (Å²) in [5, 5.41) is 3.08. The molecule has 0 aliphatic rings. The van der Waals surface area contributed by atoms with Crippen LogP contribution in [0, 0.1) is 12.7 Å². The first kappa shape index (κ1) is 17.7. The Morgan fingerprint density at radius 3 is 2.50 bits per heavy atom. The lowest BCUT2D eigenvalue weighted by Gasteiger charge is -2.08. The summed E-state index contributed by atoms with van der Waals surface area (Å²) in [4.78, 5) is 24.9. The zero-order valence-electron chi connectivity index (χ0n) is 15.0. The molecule has 138 valence electrons. The molecule has 3 aromatic carbocycles. The molecule has 4 aromatic rings. The molecule has 28 heavy (non-hydrogen) atoms. The molecule has 0 unspecified atom stereocenters. The van der Waals surface area contributed by atoms with Crippen LogP contribution in [0.15, 0.2) is 82.0 Å². The molecular weight excluding hydrogens is 357 g/mol. The third-order valence-electron chi connectivity index (χ3n) is 4.39. The Morgan fingerprint density at radius 1 is 0.964 bits per heavy atom. The van der Waals surface area contributed by atoms with E-state index >= 15 is 0 Å². The molecule has 1 aromatic heterocycles. The first-order valence-electron chi connectivity index (χ1n) is 8.71. The van der Waals surface area contributed by atoms with Gasteiger partial charge in [0.1, 0.15) is 17.2 Å². The molecule has 1 N–H and O–H groups in total. The van der Waals surface area contributed by atoms with Crippen LogP contribution in [0.5, 0.6) is 0 Å². The molecule has 0 spiro atoms. The summed E-state index contributed by atoms with van der Waals surface area (Å²) in [6, 6.07) is 19.3. The van der Waals surface area contributed by atoms with Gasteiger partial charge in [-0.2, -0.15) is 0 Å². The third kappa shape index (κ3) is 3.55. The highest BCUT2D eigenvalue weighted by Gasteiger charge is 2.10. The average molecular weight is 373 g/mol. The highest BCUT2D eigenvalue weighted by Crippen LogP contribution is 2.24. The van der Waals surface area contributed by atoms with E-state index in [9.17, 15) is 14.0 Å². The maximum atomic E-state index is 13.0.